The monoisotopic (exact) mass is 277 g/mol. The predicted octanol–water partition coefficient (Wildman–Crippen LogP) is 0.192. The first-order valence-electron chi connectivity index (χ1n) is 6.02. The summed E-state index contributed by atoms with van der Waals surface area (Å²) >= 11 is 0. The van der Waals surface area contributed by atoms with Gasteiger partial charge in [0, 0.05) is 19.4 Å². The van der Waals surface area contributed by atoms with Crippen molar-refractivity contribution in [3.63, 3.8) is 0 Å². The molecule has 0 saturated heterocycles. The molecule has 2 heterocycles. The number of hydrogen-bond acceptors (Lipinski definition) is 4. The molecule has 106 valence electrons. The maximum atomic E-state index is 12.0. The van der Waals surface area contributed by atoms with E-state index in [1.54, 1.807) is 24.0 Å². The van der Waals surface area contributed by atoms with E-state index in [9.17, 15) is 9.59 Å². The molecule has 0 aliphatic heterocycles. The second-order valence-corrected chi connectivity index (χ2v) is 4.34. The fourth-order valence-electron chi connectivity index (χ4n) is 1.73. The summed E-state index contributed by atoms with van der Waals surface area (Å²) in [5.41, 5.74) is 0.925. The number of rotatable bonds is 5. The third-order valence-electron chi connectivity index (χ3n) is 2.83. The Labute approximate surface area is 115 Å². The van der Waals surface area contributed by atoms with Crippen LogP contribution in [0.5, 0.6) is 0 Å². The lowest BCUT2D eigenvalue weighted by molar-refractivity contribution is -0.140. The number of carboxylic acid groups (broad SMARTS) is 1. The third-order valence-corrected chi connectivity index (χ3v) is 2.83. The molecule has 0 fully saturated rings. The molecular weight excluding hydrogens is 262 g/mol. The summed E-state index contributed by atoms with van der Waals surface area (Å²) in [6.07, 6.45) is 3.17. The number of amides is 1. The van der Waals surface area contributed by atoms with Crippen molar-refractivity contribution < 1.29 is 14.7 Å². The lowest BCUT2D eigenvalue weighted by Crippen LogP contribution is -2.28. The van der Waals surface area contributed by atoms with Gasteiger partial charge < -0.3 is 10.4 Å². The van der Waals surface area contributed by atoms with E-state index in [1.807, 2.05) is 0 Å². The Morgan fingerprint density at radius 2 is 2.20 bits per heavy atom. The van der Waals surface area contributed by atoms with Gasteiger partial charge in [0.15, 0.2) is 0 Å². The minimum absolute atomic E-state index is 0.204. The second kappa shape index (κ2) is 5.55. The van der Waals surface area contributed by atoms with Gasteiger partial charge in [-0.2, -0.15) is 10.2 Å². The number of nitrogens with zero attached hydrogens (tertiary/aromatic N) is 4. The first-order chi connectivity index (χ1) is 9.49. The van der Waals surface area contributed by atoms with Gasteiger partial charge in [-0.25, -0.2) is 9.48 Å². The zero-order valence-corrected chi connectivity index (χ0v) is 11.1. The molecule has 0 bridgehead atoms. The molecule has 0 aliphatic rings. The fourth-order valence-corrected chi connectivity index (χ4v) is 1.73. The summed E-state index contributed by atoms with van der Waals surface area (Å²) in [7, 11) is 1.79. The SMILES string of the molecule is CC(C(=O)O)n1nccc1C(=O)NCc1ccn(C)n1. The van der Waals surface area contributed by atoms with Crippen LogP contribution in [0.15, 0.2) is 24.5 Å². The molecule has 1 unspecified atom stereocenters. The Bertz CT molecular complexity index is 631. The van der Waals surface area contributed by atoms with E-state index in [4.69, 9.17) is 5.11 Å². The van der Waals surface area contributed by atoms with Crippen LogP contribution in [-0.2, 0) is 18.4 Å². The van der Waals surface area contributed by atoms with Crippen molar-refractivity contribution in [3.05, 3.63) is 35.9 Å². The largest absolute Gasteiger partial charge is 0.480 e. The van der Waals surface area contributed by atoms with Crippen LogP contribution in [0.1, 0.15) is 29.1 Å². The smallest absolute Gasteiger partial charge is 0.328 e. The number of carbonyl (C=O) groups is 2. The Morgan fingerprint density at radius 3 is 2.80 bits per heavy atom. The van der Waals surface area contributed by atoms with Crippen LogP contribution in [0.3, 0.4) is 0 Å². The van der Waals surface area contributed by atoms with Gasteiger partial charge in [-0.1, -0.05) is 0 Å². The average Bonchev–Trinajstić information content (AvgIpc) is 3.03. The molecule has 8 nitrogen and oxygen atoms in total. The van der Waals surface area contributed by atoms with Gasteiger partial charge in [0.05, 0.1) is 12.2 Å². The van der Waals surface area contributed by atoms with Gasteiger partial charge in [-0.05, 0) is 19.1 Å². The summed E-state index contributed by atoms with van der Waals surface area (Å²) in [5, 5.41) is 19.7. The van der Waals surface area contributed by atoms with Crippen molar-refractivity contribution in [3.8, 4) is 0 Å². The van der Waals surface area contributed by atoms with Gasteiger partial charge in [-0.15, -0.1) is 0 Å². The van der Waals surface area contributed by atoms with Gasteiger partial charge in [-0.3, -0.25) is 9.48 Å². The molecule has 1 amide bonds. The summed E-state index contributed by atoms with van der Waals surface area (Å²) < 4.78 is 2.81. The number of nitrogens with one attached hydrogen (secondary N) is 1. The van der Waals surface area contributed by atoms with E-state index < -0.39 is 12.0 Å². The number of aryl methyl sites for hydroxylation is 1. The molecule has 0 spiro atoms. The molecule has 20 heavy (non-hydrogen) atoms. The van der Waals surface area contributed by atoms with Crippen molar-refractivity contribution in [1.29, 1.82) is 0 Å². The van der Waals surface area contributed by atoms with Crippen molar-refractivity contribution in [2.75, 3.05) is 0 Å². The maximum absolute atomic E-state index is 12.0. The minimum Gasteiger partial charge on any atom is -0.480 e. The van der Waals surface area contributed by atoms with Gasteiger partial charge in [0.2, 0.25) is 0 Å². The highest BCUT2D eigenvalue weighted by atomic mass is 16.4. The highest BCUT2D eigenvalue weighted by molar-refractivity contribution is 5.93. The Morgan fingerprint density at radius 1 is 1.45 bits per heavy atom. The summed E-state index contributed by atoms with van der Waals surface area (Å²) in [5.74, 6) is -1.44. The van der Waals surface area contributed by atoms with Crippen molar-refractivity contribution >= 4 is 11.9 Å². The van der Waals surface area contributed by atoms with Crippen LogP contribution < -0.4 is 5.32 Å². The molecular formula is C12H15N5O3. The molecule has 2 aromatic rings. The topological polar surface area (TPSA) is 102 Å². The van der Waals surface area contributed by atoms with Crippen LogP contribution in [0.4, 0.5) is 0 Å². The van der Waals surface area contributed by atoms with Crippen molar-refractivity contribution in [1.82, 2.24) is 24.9 Å². The van der Waals surface area contributed by atoms with Crippen LogP contribution >= 0.6 is 0 Å². The Hall–Kier alpha value is -2.64. The number of carbonyl (C=O) groups excluding carboxylic acids is 1. The molecule has 0 saturated carbocycles. The minimum atomic E-state index is -1.05. The second-order valence-electron chi connectivity index (χ2n) is 4.34. The first kappa shape index (κ1) is 13.8. The van der Waals surface area contributed by atoms with Crippen LogP contribution in [0.2, 0.25) is 0 Å². The Kier molecular flexibility index (Phi) is 3.83. The van der Waals surface area contributed by atoms with Crippen molar-refractivity contribution in [2.45, 2.75) is 19.5 Å². The van der Waals surface area contributed by atoms with E-state index in [-0.39, 0.29) is 18.1 Å². The number of aromatic nitrogens is 4. The van der Waals surface area contributed by atoms with Gasteiger partial charge in [0.1, 0.15) is 11.7 Å². The average molecular weight is 277 g/mol. The fraction of sp³-hybridized carbons (Fsp3) is 0.333. The standard InChI is InChI=1S/C12H15N5O3/c1-8(12(19)20)17-10(3-5-14-17)11(18)13-7-9-4-6-16(2)15-9/h3-6,8H,7H2,1-2H3,(H,13,18)(H,19,20). The molecule has 1 atom stereocenters. The molecule has 2 aromatic heterocycles. The van der Waals surface area contributed by atoms with E-state index in [0.29, 0.717) is 0 Å². The number of hydrogen-bond donors (Lipinski definition) is 2. The van der Waals surface area contributed by atoms with Gasteiger partial charge in [0.25, 0.3) is 5.91 Å². The van der Waals surface area contributed by atoms with Crippen LogP contribution in [-0.4, -0.2) is 36.5 Å². The zero-order chi connectivity index (χ0) is 14.7. The number of carboxylic acids is 1. The van der Waals surface area contributed by atoms with E-state index >= 15 is 0 Å². The lowest BCUT2D eigenvalue weighted by Gasteiger charge is -2.11. The molecule has 2 rings (SSSR count). The normalized spacial score (nSPS) is 12.1. The first-order valence-corrected chi connectivity index (χ1v) is 6.02. The summed E-state index contributed by atoms with van der Waals surface area (Å²) in [6.45, 7) is 1.73. The maximum Gasteiger partial charge on any atom is 0.328 e. The van der Waals surface area contributed by atoms with Gasteiger partial charge >= 0.3 is 5.97 Å². The summed E-state index contributed by atoms with van der Waals surface area (Å²) in [4.78, 5) is 23.0. The third kappa shape index (κ3) is 2.85. The molecule has 8 heteroatoms. The molecule has 2 N–H and O–H groups in total. The summed E-state index contributed by atoms with van der Waals surface area (Å²) in [6, 6.07) is 2.37. The quantitative estimate of drug-likeness (QED) is 0.812. The van der Waals surface area contributed by atoms with E-state index in [1.165, 1.54) is 23.9 Å². The Balaban J connectivity index is 2.06. The number of aliphatic carboxylic acids is 1. The van der Waals surface area contributed by atoms with E-state index in [2.05, 4.69) is 15.5 Å². The van der Waals surface area contributed by atoms with E-state index in [0.717, 1.165) is 5.69 Å². The molecule has 0 radical (unpaired) electrons. The lowest BCUT2D eigenvalue weighted by atomic mass is 10.3. The molecule has 0 aromatic carbocycles. The predicted molar refractivity (Wildman–Crippen MR) is 69.0 cm³/mol. The highest BCUT2D eigenvalue weighted by Crippen LogP contribution is 2.09. The highest BCUT2D eigenvalue weighted by Gasteiger charge is 2.20. The molecule has 0 aliphatic carbocycles. The van der Waals surface area contributed by atoms with Crippen LogP contribution in [0, 0.1) is 0 Å². The zero-order valence-electron chi connectivity index (χ0n) is 11.1. The van der Waals surface area contributed by atoms with Crippen molar-refractivity contribution in [2.24, 2.45) is 7.05 Å². The van der Waals surface area contributed by atoms with Crippen LogP contribution in [0.25, 0.3) is 0 Å².